The molecule has 13 rings (SSSR count). The van der Waals surface area contributed by atoms with E-state index in [-0.39, 0.29) is 37.4 Å². The number of aromatic nitrogens is 3. The molecule has 3 aromatic heterocycles. The summed E-state index contributed by atoms with van der Waals surface area (Å²) in [6.07, 6.45) is 1.95. The molecule has 3 aliphatic carbocycles. The average Bonchev–Trinajstić information content (AvgIpc) is 3.89. The van der Waals surface area contributed by atoms with Crippen molar-refractivity contribution in [3.05, 3.63) is 220 Å². The van der Waals surface area contributed by atoms with Crippen LogP contribution in [-0.4, -0.2) is 14.5 Å². The van der Waals surface area contributed by atoms with Crippen molar-refractivity contribution in [3.63, 3.8) is 0 Å². The zero-order valence-electron chi connectivity index (χ0n) is 37.9. The number of imidazole rings is 1. The number of hydrogen-bond acceptors (Lipinski definition) is 3. The summed E-state index contributed by atoms with van der Waals surface area (Å²) in [5.41, 5.74) is 20.4. The van der Waals surface area contributed by atoms with Crippen LogP contribution in [0, 0.1) is 12.1 Å². The first kappa shape index (κ1) is 42.6. The largest absolute Gasteiger partial charge is 0.501 e. The first-order chi connectivity index (χ1) is 31.1. The number of nitrogens with zero attached hydrogens (tertiary/aromatic N) is 3. The number of para-hydroxylation sites is 3. The van der Waals surface area contributed by atoms with Gasteiger partial charge in [0.05, 0.1) is 22.4 Å². The number of fused-ring (bicyclic) bond motifs is 4. The van der Waals surface area contributed by atoms with Crippen molar-refractivity contribution < 1.29 is 24.5 Å². The normalized spacial score (nSPS) is 14.8. The standard InChI is InChI=1S/C45H35N2O.C15H16N.Ir/c1-25(2)27-17-11-18-28(26(3)4)43(27)47-39-22-10-9-21-38(39)46-45(47)34-20-12-19-33-35-23-36-37(24-40(35)48-44(33)34)42-31-15-7-5-13-29(31)41(36)30-14-6-8-16-32(30)42;1-15(2,3)13-9-10-14(16-11-13)12-7-5-4-6-8-12;/h5-19,21-26,41-42H,1-4H3;4-7,9-11H,1-3H3;/q2*-1;. The second kappa shape index (κ2) is 16.6. The first-order valence-electron chi connectivity index (χ1n) is 22.7. The molecular weight excluding hydrogens is 971 g/mol. The summed E-state index contributed by atoms with van der Waals surface area (Å²) in [7, 11) is 0. The van der Waals surface area contributed by atoms with Gasteiger partial charge >= 0.3 is 0 Å². The van der Waals surface area contributed by atoms with E-state index in [4.69, 9.17) is 9.40 Å². The van der Waals surface area contributed by atoms with E-state index in [0.717, 1.165) is 55.6 Å². The second-order valence-electron chi connectivity index (χ2n) is 19.1. The molecule has 3 aliphatic rings. The molecule has 0 spiro atoms. The summed E-state index contributed by atoms with van der Waals surface area (Å²) in [6.45, 7) is 15.7. The minimum absolute atomic E-state index is 0. The van der Waals surface area contributed by atoms with Crippen molar-refractivity contribution in [1.82, 2.24) is 14.5 Å². The average molecular weight is 1020 g/mol. The van der Waals surface area contributed by atoms with Crippen molar-refractivity contribution in [2.75, 3.05) is 0 Å². The van der Waals surface area contributed by atoms with Gasteiger partial charge in [0.2, 0.25) is 0 Å². The van der Waals surface area contributed by atoms with Crippen molar-refractivity contribution in [2.24, 2.45) is 0 Å². The zero-order chi connectivity index (χ0) is 43.9. The van der Waals surface area contributed by atoms with Gasteiger partial charge in [-0.3, -0.25) is 4.98 Å². The van der Waals surface area contributed by atoms with Crippen LogP contribution in [-0.2, 0) is 25.5 Å². The zero-order valence-corrected chi connectivity index (χ0v) is 40.3. The van der Waals surface area contributed by atoms with Gasteiger partial charge in [-0.25, -0.2) is 0 Å². The Morgan fingerprint density at radius 1 is 0.600 bits per heavy atom. The smallest absolute Gasteiger partial charge is 0.121 e. The maximum Gasteiger partial charge on any atom is 0.121 e. The maximum atomic E-state index is 6.95. The Morgan fingerprint density at radius 3 is 1.80 bits per heavy atom. The van der Waals surface area contributed by atoms with E-state index < -0.39 is 0 Å². The first-order valence-corrected chi connectivity index (χ1v) is 22.7. The minimum Gasteiger partial charge on any atom is -0.501 e. The van der Waals surface area contributed by atoms with Gasteiger partial charge in [-0.15, -0.1) is 54.1 Å². The Labute approximate surface area is 395 Å². The van der Waals surface area contributed by atoms with Crippen LogP contribution in [0.4, 0.5) is 0 Å². The molecule has 0 fully saturated rings. The van der Waals surface area contributed by atoms with Crippen LogP contribution in [0.15, 0.2) is 162 Å². The molecule has 10 aromatic rings. The molecule has 5 heteroatoms. The predicted molar refractivity (Wildman–Crippen MR) is 263 cm³/mol. The van der Waals surface area contributed by atoms with Crippen LogP contribution in [0.1, 0.15) is 122 Å². The van der Waals surface area contributed by atoms with E-state index in [1.165, 1.54) is 55.8 Å². The Morgan fingerprint density at radius 2 is 1.22 bits per heavy atom. The van der Waals surface area contributed by atoms with Crippen LogP contribution < -0.4 is 0 Å². The quantitative estimate of drug-likeness (QED) is 0.161. The molecule has 0 saturated heterocycles. The summed E-state index contributed by atoms with van der Waals surface area (Å²) >= 11 is 0. The number of rotatable bonds is 5. The molecule has 323 valence electrons. The molecule has 0 saturated carbocycles. The Balaban J connectivity index is 0.000000249. The van der Waals surface area contributed by atoms with Gasteiger partial charge in [0.1, 0.15) is 5.58 Å². The van der Waals surface area contributed by atoms with Gasteiger partial charge in [0, 0.05) is 49.2 Å². The van der Waals surface area contributed by atoms with Gasteiger partial charge in [0.25, 0.3) is 0 Å². The minimum atomic E-state index is 0. The van der Waals surface area contributed by atoms with E-state index in [1.54, 1.807) is 0 Å². The molecule has 4 nitrogen and oxygen atoms in total. The summed E-state index contributed by atoms with van der Waals surface area (Å²) in [5, 5.41) is 2.25. The van der Waals surface area contributed by atoms with Crippen LogP contribution in [0.2, 0.25) is 0 Å². The fourth-order valence-corrected chi connectivity index (χ4v) is 10.3. The number of furan rings is 1. The molecule has 2 bridgehead atoms. The molecular formula is C60H51IrN3O-2. The van der Waals surface area contributed by atoms with Crippen LogP contribution in [0.5, 0.6) is 0 Å². The molecule has 0 amide bonds. The second-order valence-corrected chi connectivity index (χ2v) is 19.1. The topological polar surface area (TPSA) is 43.9 Å². The fourth-order valence-electron chi connectivity index (χ4n) is 10.3. The van der Waals surface area contributed by atoms with Gasteiger partial charge < -0.3 is 14.0 Å². The third-order valence-electron chi connectivity index (χ3n) is 13.5. The Hall–Kier alpha value is -6.39. The van der Waals surface area contributed by atoms with Crippen LogP contribution >= 0.6 is 0 Å². The van der Waals surface area contributed by atoms with Crippen molar-refractivity contribution in [3.8, 4) is 28.3 Å². The van der Waals surface area contributed by atoms with E-state index in [9.17, 15) is 0 Å². The summed E-state index contributed by atoms with van der Waals surface area (Å²) in [6, 6.07) is 61.1. The van der Waals surface area contributed by atoms with Crippen LogP contribution in [0.3, 0.4) is 0 Å². The van der Waals surface area contributed by atoms with Crippen molar-refractivity contribution in [2.45, 2.75) is 77.6 Å². The SMILES string of the molecule is CC(C)(C)c1ccc(-c2[c-]cccc2)nc1.CC(C)c1cccc(C(C)C)c1-n1c(-c2[c-]ccc3c2oc2cc4c(cc23)C2c3ccccc3C4c3ccccc32)nc2ccccc21.[Ir]. The van der Waals surface area contributed by atoms with E-state index >= 15 is 0 Å². The maximum absolute atomic E-state index is 6.95. The summed E-state index contributed by atoms with van der Waals surface area (Å²) in [5.74, 6) is 1.96. The molecule has 0 aliphatic heterocycles. The third-order valence-corrected chi connectivity index (χ3v) is 13.5. The molecule has 0 atom stereocenters. The Bertz CT molecular complexity index is 3310. The van der Waals surface area contributed by atoms with E-state index in [1.807, 2.05) is 36.5 Å². The molecule has 0 unspecified atom stereocenters. The molecule has 65 heavy (non-hydrogen) atoms. The third kappa shape index (κ3) is 7.08. The number of hydrogen-bond donors (Lipinski definition) is 0. The molecule has 3 heterocycles. The molecule has 1 radical (unpaired) electrons. The summed E-state index contributed by atoms with van der Waals surface area (Å²) < 4.78 is 9.32. The number of pyridine rings is 1. The van der Waals surface area contributed by atoms with Crippen molar-refractivity contribution >= 4 is 33.0 Å². The van der Waals surface area contributed by atoms with Gasteiger partial charge in [-0.2, -0.15) is 0 Å². The monoisotopic (exact) mass is 1020 g/mol. The predicted octanol–water partition coefficient (Wildman–Crippen LogP) is 15.5. The van der Waals surface area contributed by atoms with Gasteiger partial charge in [-0.05, 0) is 97.3 Å². The van der Waals surface area contributed by atoms with E-state index in [2.05, 4.69) is 191 Å². The number of benzene rings is 7. The summed E-state index contributed by atoms with van der Waals surface area (Å²) in [4.78, 5) is 9.80. The van der Waals surface area contributed by atoms with Crippen molar-refractivity contribution in [1.29, 1.82) is 0 Å². The molecule has 0 N–H and O–H groups in total. The molecule has 7 aromatic carbocycles. The van der Waals surface area contributed by atoms with Gasteiger partial charge in [-0.1, -0.05) is 150 Å². The van der Waals surface area contributed by atoms with Gasteiger partial charge in [0.15, 0.2) is 0 Å². The van der Waals surface area contributed by atoms with E-state index in [0.29, 0.717) is 11.8 Å². The van der Waals surface area contributed by atoms with Crippen LogP contribution in [0.25, 0.3) is 61.3 Å². The Kier molecular flexibility index (Phi) is 10.8. The fraction of sp³-hybridized carbons (Fsp3) is 0.200.